The molecule has 1 atom stereocenters. The molecular weight excluding hydrogens is 346 g/mol. The molecule has 2 rings (SSSR count). The van der Waals surface area contributed by atoms with Gasteiger partial charge in [0, 0.05) is 12.6 Å². The van der Waals surface area contributed by atoms with Crippen LogP contribution in [-0.2, 0) is 5.41 Å². The monoisotopic (exact) mass is 383 g/mol. The van der Waals surface area contributed by atoms with Crippen molar-refractivity contribution in [2.24, 2.45) is 5.41 Å². The van der Waals surface area contributed by atoms with Gasteiger partial charge in [0.05, 0.1) is 0 Å². The van der Waals surface area contributed by atoms with Gasteiger partial charge in [-0.05, 0) is 47.8 Å². The molecule has 26 heavy (non-hydrogen) atoms. The fourth-order valence-electron chi connectivity index (χ4n) is 4.11. The van der Waals surface area contributed by atoms with Crippen LogP contribution in [0.3, 0.4) is 0 Å². The summed E-state index contributed by atoms with van der Waals surface area (Å²) < 4.78 is 5.76. The van der Waals surface area contributed by atoms with Crippen LogP contribution in [0.25, 0.3) is 0 Å². The average Bonchev–Trinajstić information content (AvgIpc) is 3.02. The second-order valence-corrected chi connectivity index (χ2v) is 9.50. The van der Waals surface area contributed by atoms with Gasteiger partial charge < -0.3 is 15.2 Å². The Labute approximate surface area is 166 Å². The van der Waals surface area contributed by atoms with E-state index in [1.165, 1.54) is 31.2 Å². The number of aliphatic hydroxyl groups excluding tert-OH is 1. The molecule has 150 valence electrons. The normalized spacial score (nSPS) is 17.0. The maximum atomic E-state index is 10.1. The van der Waals surface area contributed by atoms with Gasteiger partial charge in [0.1, 0.15) is 18.5 Å². The second kappa shape index (κ2) is 9.96. The van der Waals surface area contributed by atoms with E-state index in [4.69, 9.17) is 4.74 Å². The van der Waals surface area contributed by atoms with E-state index in [1.54, 1.807) is 0 Å². The molecule has 0 bridgehead atoms. The number of rotatable bonds is 8. The number of ether oxygens (including phenoxy) is 1. The first-order valence-electron chi connectivity index (χ1n) is 9.80. The number of hydrogen-bond donors (Lipinski definition) is 2. The van der Waals surface area contributed by atoms with Gasteiger partial charge in [0.2, 0.25) is 0 Å². The zero-order valence-corrected chi connectivity index (χ0v) is 18.0. The third-order valence-corrected chi connectivity index (χ3v) is 5.05. The van der Waals surface area contributed by atoms with Gasteiger partial charge >= 0.3 is 0 Å². The highest BCUT2D eigenvalue weighted by Gasteiger charge is 2.27. The number of halogens is 1. The molecule has 0 radical (unpaired) electrons. The van der Waals surface area contributed by atoms with Crippen LogP contribution in [0.1, 0.15) is 72.3 Å². The summed E-state index contributed by atoms with van der Waals surface area (Å²) in [7, 11) is 0. The van der Waals surface area contributed by atoms with E-state index in [1.807, 2.05) is 12.1 Å². The van der Waals surface area contributed by atoms with Crippen LogP contribution in [0.15, 0.2) is 24.3 Å². The molecule has 0 amide bonds. The molecule has 0 saturated heterocycles. The Balaban J connectivity index is 0.00000338. The predicted octanol–water partition coefficient (Wildman–Crippen LogP) is 5.09. The SMILES string of the molecule is CC(C)(C)CC(C)(C)c1ccc(OCC(O)CNC2CCCC2)cc1.Cl. The first kappa shape index (κ1) is 23.3. The minimum absolute atomic E-state index is 0. The predicted molar refractivity (Wildman–Crippen MR) is 113 cm³/mol. The van der Waals surface area contributed by atoms with E-state index >= 15 is 0 Å². The van der Waals surface area contributed by atoms with E-state index in [-0.39, 0.29) is 17.8 Å². The molecule has 1 aliphatic carbocycles. The third kappa shape index (κ3) is 7.85. The highest BCUT2D eigenvalue weighted by atomic mass is 35.5. The lowest BCUT2D eigenvalue weighted by Gasteiger charge is -2.33. The van der Waals surface area contributed by atoms with Crippen molar-refractivity contribution in [2.45, 2.75) is 84.3 Å². The maximum absolute atomic E-state index is 10.1. The summed E-state index contributed by atoms with van der Waals surface area (Å²) in [4.78, 5) is 0. The lowest BCUT2D eigenvalue weighted by atomic mass is 9.72. The topological polar surface area (TPSA) is 41.5 Å². The standard InChI is InChI=1S/C22H37NO2.ClH/c1-21(2,3)16-22(4,5)17-10-12-20(13-11-17)25-15-19(24)14-23-18-8-6-7-9-18;/h10-13,18-19,23-24H,6-9,14-16H2,1-5H3;1H. The number of nitrogens with one attached hydrogen (secondary N) is 1. The molecule has 1 aromatic rings. The van der Waals surface area contributed by atoms with Crippen molar-refractivity contribution in [1.82, 2.24) is 5.32 Å². The molecular formula is C22H38ClNO2. The second-order valence-electron chi connectivity index (χ2n) is 9.50. The lowest BCUT2D eigenvalue weighted by Crippen LogP contribution is -2.36. The fraction of sp³-hybridized carbons (Fsp3) is 0.727. The molecule has 3 nitrogen and oxygen atoms in total. The van der Waals surface area contributed by atoms with E-state index in [2.05, 4.69) is 52.1 Å². The summed E-state index contributed by atoms with van der Waals surface area (Å²) in [6.07, 6.45) is 5.76. The summed E-state index contributed by atoms with van der Waals surface area (Å²) in [6, 6.07) is 8.95. The van der Waals surface area contributed by atoms with Gasteiger partial charge in [-0.25, -0.2) is 0 Å². The van der Waals surface area contributed by atoms with Crippen molar-refractivity contribution in [3.63, 3.8) is 0 Å². The van der Waals surface area contributed by atoms with Crippen LogP contribution in [0.4, 0.5) is 0 Å². The van der Waals surface area contributed by atoms with Gasteiger partial charge in [0.15, 0.2) is 0 Å². The summed E-state index contributed by atoms with van der Waals surface area (Å²) in [6.45, 7) is 12.4. The molecule has 2 N–H and O–H groups in total. The van der Waals surface area contributed by atoms with Crippen molar-refractivity contribution in [3.05, 3.63) is 29.8 Å². The summed E-state index contributed by atoms with van der Waals surface area (Å²) in [5, 5.41) is 13.5. The van der Waals surface area contributed by atoms with Crippen molar-refractivity contribution in [3.8, 4) is 5.75 Å². The summed E-state index contributed by atoms with van der Waals surface area (Å²) in [5.74, 6) is 0.829. The average molecular weight is 384 g/mol. The zero-order chi connectivity index (χ0) is 18.5. The van der Waals surface area contributed by atoms with Crippen molar-refractivity contribution in [1.29, 1.82) is 0 Å². The Kier molecular flexibility index (Phi) is 8.92. The minimum atomic E-state index is -0.461. The van der Waals surface area contributed by atoms with Gasteiger partial charge in [-0.3, -0.25) is 0 Å². The Bertz CT molecular complexity index is 516. The van der Waals surface area contributed by atoms with Crippen molar-refractivity contribution in [2.75, 3.05) is 13.2 Å². The number of benzene rings is 1. The van der Waals surface area contributed by atoms with Crippen LogP contribution in [0.5, 0.6) is 5.75 Å². The van der Waals surface area contributed by atoms with E-state index in [0.29, 0.717) is 24.6 Å². The van der Waals surface area contributed by atoms with Crippen LogP contribution >= 0.6 is 12.4 Å². The highest BCUT2D eigenvalue weighted by Crippen LogP contribution is 2.36. The molecule has 1 aliphatic rings. The Morgan fingerprint density at radius 3 is 2.19 bits per heavy atom. The van der Waals surface area contributed by atoms with E-state index in [0.717, 1.165) is 12.2 Å². The van der Waals surface area contributed by atoms with Crippen LogP contribution < -0.4 is 10.1 Å². The van der Waals surface area contributed by atoms with Gasteiger partial charge in [-0.15, -0.1) is 12.4 Å². The summed E-state index contributed by atoms with van der Waals surface area (Å²) in [5.41, 5.74) is 1.77. The Morgan fingerprint density at radius 1 is 1.08 bits per heavy atom. The molecule has 0 aliphatic heterocycles. The largest absolute Gasteiger partial charge is 0.491 e. The minimum Gasteiger partial charge on any atom is -0.491 e. The highest BCUT2D eigenvalue weighted by molar-refractivity contribution is 5.85. The quantitative estimate of drug-likeness (QED) is 0.656. The molecule has 0 aromatic heterocycles. The van der Waals surface area contributed by atoms with Gasteiger partial charge in [0.25, 0.3) is 0 Å². The molecule has 1 unspecified atom stereocenters. The molecule has 0 spiro atoms. The number of aliphatic hydroxyl groups is 1. The Morgan fingerprint density at radius 2 is 1.65 bits per heavy atom. The van der Waals surface area contributed by atoms with Crippen LogP contribution in [-0.4, -0.2) is 30.4 Å². The first-order chi connectivity index (χ1) is 11.7. The van der Waals surface area contributed by atoms with Gasteiger partial charge in [-0.2, -0.15) is 0 Å². The smallest absolute Gasteiger partial charge is 0.119 e. The maximum Gasteiger partial charge on any atom is 0.119 e. The van der Waals surface area contributed by atoms with Crippen molar-refractivity contribution >= 4 is 12.4 Å². The first-order valence-corrected chi connectivity index (χ1v) is 9.80. The molecule has 1 saturated carbocycles. The molecule has 1 aromatic carbocycles. The Hall–Kier alpha value is -0.770. The molecule has 1 fully saturated rings. The van der Waals surface area contributed by atoms with Gasteiger partial charge in [-0.1, -0.05) is 59.6 Å². The number of hydrogen-bond acceptors (Lipinski definition) is 3. The van der Waals surface area contributed by atoms with Crippen molar-refractivity contribution < 1.29 is 9.84 Å². The summed E-state index contributed by atoms with van der Waals surface area (Å²) >= 11 is 0. The van der Waals surface area contributed by atoms with E-state index < -0.39 is 6.10 Å². The van der Waals surface area contributed by atoms with Crippen LogP contribution in [0.2, 0.25) is 0 Å². The lowest BCUT2D eigenvalue weighted by molar-refractivity contribution is 0.104. The fourth-order valence-corrected chi connectivity index (χ4v) is 4.11. The molecule has 0 heterocycles. The third-order valence-electron chi connectivity index (χ3n) is 5.05. The van der Waals surface area contributed by atoms with E-state index in [9.17, 15) is 5.11 Å². The molecule has 4 heteroatoms. The van der Waals surface area contributed by atoms with Crippen LogP contribution in [0, 0.1) is 5.41 Å². The zero-order valence-electron chi connectivity index (χ0n) is 17.2.